The third-order valence-corrected chi connectivity index (χ3v) is 11.2. The number of aromatic nitrogens is 4. The monoisotopic (exact) mass is 748 g/mol. The van der Waals surface area contributed by atoms with Crippen molar-refractivity contribution in [2.45, 2.75) is 109 Å². The van der Waals surface area contributed by atoms with Crippen molar-refractivity contribution in [2.24, 2.45) is 14.1 Å². The van der Waals surface area contributed by atoms with Gasteiger partial charge in [-0.1, -0.05) is 70.4 Å². The van der Waals surface area contributed by atoms with Crippen molar-refractivity contribution in [1.82, 2.24) is 19.6 Å². The van der Waals surface area contributed by atoms with Crippen LogP contribution >= 0.6 is 0 Å². The first kappa shape index (κ1) is 39.6. The van der Waals surface area contributed by atoms with Gasteiger partial charge in [-0.25, -0.2) is 8.78 Å². The van der Waals surface area contributed by atoms with Gasteiger partial charge in [0.2, 0.25) is 11.8 Å². The molecule has 3 aliphatic rings. The molecule has 2 aromatic heterocycles. The smallest absolute Gasteiger partial charge is 0.236 e. The van der Waals surface area contributed by atoms with Crippen LogP contribution in [0.3, 0.4) is 0 Å². The molecule has 5 aromatic rings. The minimum absolute atomic E-state index is 0.0150. The summed E-state index contributed by atoms with van der Waals surface area (Å²) in [5.74, 6) is 1.65. The number of aryl methyl sites for hydroxylation is 2. The lowest BCUT2D eigenvalue weighted by molar-refractivity contribution is -0.118. The summed E-state index contributed by atoms with van der Waals surface area (Å²) in [6.07, 6.45) is 10.9. The first-order chi connectivity index (χ1) is 26.7. The molecule has 2 heterocycles. The lowest BCUT2D eigenvalue weighted by Crippen LogP contribution is -2.28. The van der Waals surface area contributed by atoms with E-state index in [1.54, 1.807) is 28.9 Å². The van der Waals surface area contributed by atoms with Crippen LogP contribution in [0, 0.1) is 11.6 Å². The summed E-state index contributed by atoms with van der Waals surface area (Å²) in [7, 11) is 3.77. The van der Waals surface area contributed by atoms with E-state index in [-0.39, 0.29) is 23.4 Å². The third-order valence-electron chi connectivity index (χ3n) is 11.2. The Hall–Kier alpha value is -5.12. The van der Waals surface area contributed by atoms with Crippen molar-refractivity contribution < 1.29 is 18.4 Å². The molecule has 3 aromatic carbocycles. The number of amides is 2. The van der Waals surface area contributed by atoms with Gasteiger partial charge in [-0.2, -0.15) is 10.2 Å². The molecule has 0 aliphatic heterocycles. The van der Waals surface area contributed by atoms with Gasteiger partial charge < -0.3 is 10.6 Å². The van der Waals surface area contributed by atoms with Crippen LogP contribution < -0.4 is 10.6 Å². The number of nitrogens with one attached hydrogen (secondary N) is 2. The fraction of sp³-hybridized carbons (Fsp3) is 0.422. The maximum Gasteiger partial charge on any atom is 0.236 e. The van der Waals surface area contributed by atoms with E-state index in [0.29, 0.717) is 29.9 Å². The van der Waals surface area contributed by atoms with Gasteiger partial charge in [0.05, 0.1) is 16.8 Å². The van der Waals surface area contributed by atoms with Gasteiger partial charge in [-0.15, -0.1) is 0 Å². The van der Waals surface area contributed by atoms with Gasteiger partial charge in [-0.05, 0) is 111 Å². The molecule has 290 valence electrons. The second-order valence-corrected chi connectivity index (χ2v) is 14.8. The van der Waals surface area contributed by atoms with E-state index in [4.69, 9.17) is 0 Å². The number of hydrogen-bond acceptors (Lipinski definition) is 4. The standard InChI is InChI=1S/C24H24FN3O.C19H24FN3O.C2H6/c1-28-21(17-10-12-19(25)13-11-17)20(16-6-5-7-16)22(27-28)26-23(29)24(14-15-24)18-8-3-2-4-9-18;1-3-4-8-16(24)21-19-17(13-6-5-7-13)18(23(2)22-19)14-9-11-15(20)12-10-14;1-2/h2-4,8-13,16H,5-7,14-15H2,1H3,(H,26,27,29);9-13H,3-8H2,1-2H3,(H,21,22,24);1-2H3. The largest absolute Gasteiger partial charge is 0.309 e. The Balaban J connectivity index is 0.000000182. The van der Waals surface area contributed by atoms with Gasteiger partial charge in [0.25, 0.3) is 0 Å². The first-order valence-electron chi connectivity index (χ1n) is 20.0. The summed E-state index contributed by atoms with van der Waals surface area (Å²) >= 11 is 0. The molecule has 2 amide bonds. The Morgan fingerprint density at radius 1 is 0.709 bits per heavy atom. The fourth-order valence-electron chi connectivity index (χ4n) is 7.62. The number of benzene rings is 3. The second-order valence-electron chi connectivity index (χ2n) is 14.8. The Morgan fingerprint density at radius 2 is 1.16 bits per heavy atom. The Bertz CT molecular complexity index is 2060. The topological polar surface area (TPSA) is 93.8 Å². The van der Waals surface area contributed by atoms with E-state index in [0.717, 1.165) is 90.6 Å². The zero-order valence-corrected chi connectivity index (χ0v) is 32.8. The number of carbonyl (C=O) groups is 2. The van der Waals surface area contributed by atoms with Gasteiger partial charge in [0.15, 0.2) is 11.6 Å². The maximum atomic E-state index is 13.4. The number of hydrogen-bond donors (Lipinski definition) is 2. The predicted molar refractivity (Wildman–Crippen MR) is 216 cm³/mol. The lowest BCUT2D eigenvalue weighted by Gasteiger charge is -2.27. The number of rotatable bonds is 11. The van der Waals surface area contributed by atoms with Gasteiger partial charge in [0, 0.05) is 42.8 Å². The average Bonchev–Trinajstić information content (AvgIpc) is 3.84. The van der Waals surface area contributed by atoms with Gasteiger partial charge in [0.1, 0.15) is 11.6 Å². The predicted octanol–water partition coefficient (Wildman–Crippen LogP) is 10.8. The van der Waals surface area contributed by atoms with E-state index >= 15 is 0 Å². The van der Waals surface area contributed by atoms with Crippen LogP contribution in [-0.2, 0) is 29.1 Å². The molecule has 10 heteroatoms. The maximum absolute atomic E-state index is 13.4. The lowest BCUT2D eigenvalue weighted by atomic mass is 9.78. The molecule has 0 saturated heterocycles. The first-order valence-corrected chi connectivity index (χ1v) is 20.0. The highest BCUT2D eigenvalue weighted by molar-refractivity contribution is 6.02. The molecule has 0 spiro atoms. The molecule has 0 radical (unpaired) electrons. The van der Waals surface area contributed by atoms with Crippen LogP contribution in [0.4, 0.5) is 20.4 Å². The molecule has 0 bridgehead atoms. The molecule has 3 saturated carbocycles. The highest BCUT2D eigenvalue weighted by Gasteiger charge is 2.51. The molecule has 8 nitrogen and oxygen atoms in total. The van der Waals surface area contributed by atoms with E-state index < -0.39 is 5.41 Å². The average molecular weight is 749 g/mol. The minimum atomic E-state index is -0.439. The van der Waals surface area contributed by atoms with Crippen molar-refractivity contribution >= 4 is 23.5 Å². The minimum Gasteiger partial charge on any atom is -0.309 e. The molecule has 55 heavy (non-hydrogen) atoms. The quantitative estimate of drug-likeness (QED) is 0.141. The molecular formula is C45H54F2N6O2. The summed E-state index contributed by atoms with van der Waals surface area (Å²) in [4.78, 5) is 25.4. The van der Waals surface area contributed by atoms with Crippen molar-refractivity contribution in [3.05, 3.63) is 107 Å². The van der Waals surface area contributed by atoms with E-state index in [9.17, 15) is 18.4 Å². The Morgan fingerprint density at radius 3 is 1.56 bits per heavy atom. The van der Waals surface area contributed by atoms with Crippen LogP contribution in [0.15, 0.2) is 78.9 Å². The van der Waals surface area contributed by atoms with Crippen LogP contribution in [-0.4, -0.2) is 31.4 Å². The summed E-state index contributed by atoms with van der Waals surface area (Å²) in [6.45, 7) is 6.07. The summed E-state index contributed by atoms with van der Waals surface area (Å²) in [5, 5.41) is 15.4. The molecule has 0 atom stereocenters. The SMILES string of the molecule is CC.CCCCC(=O)Nc1nn(C)c(-c2ccc(F)cc2)c1C1CCC1.Cn1nc(NC(=O)C2(c3ccccc3)CC2)c(C2CCC2)c1-c1ccc(F)cc1. The highest BCUT2D eigenvalue weighted by Crippen LogP contribution is 2.50. The van der Waals surface area contributed by atoms with Crippen molar-refractivity contribution in [3.63, 3.8) is 0 Å². The Labute approximate surface area is 323 Å². The number of nitrogens with zero attached hydrogens (tertiary/aromatic N) is 4. The summed E-state index contributed by atoms with van der Waals surface area (Å²) < 4.78 is 30.3. The third kappa shape index (κ3) is 8.58. The van der Waals surface area contributed by atoms with E-state index in [2.05, 4.69) is 27.8 Å². The van der Waals surface area contributed by atoms with Crippen LogP contribution in [0.2, 0.25) is 0 Å². The molecule has 8 rings (SSSR count). The molecule has 2 N–H and O–H groups in total. The zero-order valence-electron chi connectivity index (χ0n) is 32.8. The molecule has 3 fully saturated rings. The van der Waals surface area contributed by atoms with E-state index in [1.165, 1.54) is 37.1 Å². The van der Waals surface area contributed by atoms with Gasteiger partial charge >= 0.3 is 0 Å². The number of halogens is 2. The van der Waals surface area contributed by atoms with Crippen LogP contribution in [0.25, 0.3) is 22.5 Å². The van der Waals surface area contributed by atoms with Crippen molar-refractivity contribution in [2.75, 3.05) is 10.6 Å². The highest BCUT2D eigenvalue weighted by atomic mass is 19.1. The van der Waals surface area contributed by atoms with Crippen molar-refractivity contribution in [1.29, 1.82) is 0 Å². The molecular weight excluding hydrogens is 695 g/mol. The molecule has 3 aliphatic carbocycles. The fourth-order valence-corrected chi connectivity index (χ4v) is 7.62. The van der Waals surface area contributed by atoms with Crippen LogP contribution in [0.1, 0.15) is 120 Å². The van der Waals surface area contributed by atoms with Crippen LogP contribution in [0.5, 0.6) is 0 Å². The number of carbonyl (C=O) groups excluding carboxylic acids is 2. The van der Waals surface area contributed by atoms with Crippen molar-refractivity contribution in [3.8, 4) is 22.5 Å². The number of anilines is 2. The summed E-state index contributed by atoms with van der Waals surface area (Å²) in [5.41, 5.74) is 6.61. The number of unbranched alkanes of at least 4 members (excludes halogenated alkanes) is 1. The summed E-state index contributed by atoms with van der Waals surface area (Å²) in [6, 6.07) is 23.0. The Kier molecular flexibility index (Phi) is 12.6. The molecule has 0 unspecified atom stereocenters. The van der Waals surface area contributed by atoms with Gasteiger partial charge in [-0.3, -0.25) is 19.0 Å². The normalized spacial score (nSPS) is 15.7. The zero-order chi connectivity index (χ0) is 39.1. The second kappa shape index (κ2) is 17.6. The van der Waals surface area contributed by atoms with E-state index in [1.807, 2.05) is 63.0 Å².